The van der Waals surface area contributed by atoms with Crippen LogP contribution in [0, 0.1) is 13.8 Å². The summed E-state index contributed by atoms with van der Waals surface area (Å²) in [4.78, 5) is 11.3. The molecular formula is C20H27N3O5S2. The lowest BCUT2D eigenvalue weighted by Crippen LogP contribution is -2.30. The highest BCUT2D eigenvalue weighted by Gasteiger charge is 2.24. The maximum Gasteiger partial charge on any atom is 0.262 e. The molecule has 0 saturated carbocycles. The van der Waals surface area contributed by atoms with E-state index in [-0.39, 0.29) is 21.4 Å². The smallest absolute Gasteiger partial charge is 0.262 e. The van der Waals surface area contributed by atoms with Crippen molar-refractivity contribution < 1.29 is 21.6 Å². The number of amides is 1. The second kappa shape index (κ2) is 9.15. The first-order valence-electron chi connectivity index (χ1n) is 9.44. The molecule has 0 spiro atoms. The van der Waals surface area contributed by atoms with Crippen LogP contribution in [0.5, 0.6) is 0 Å². The monoisotopic (exact) mass is 453 g/mol. The topological polar surface area (TPSA) is 113 Å². The van der Waals surface area contributed by atoms with Crippen molar-refractivity contribution in [3.05, 3.63) is 47.5 Å². The van der Waals surface area contributed by atoms with Crippen molar-refractivity contribution in [3.8, 4) is 0 Å². The summed E-state index contributed by atoms with van der Waals surface area (Å²) in [6, 6.07) is 8.92. The molecule has 30 heavy (non-hydrogen) atoms. The molecule has 2 N–H and O–H groups in total. The summed E-state index contributed by atoms with van der Waals surface area (Å²) in [5.74, 6) is -0.319. The minimum atomic E-state index is -4.03. The van der Waals surface area contributed by atoms with Gasteiger partial charge in [0.2, 0.25) is 15.9 Å². The molecule has 0 aromatic heterocycles. The highest BCUT2D eigenvalue weighted by Crippen LogP contribution is 2.27. The first-order chi connectivity index (χ1) is 13.9. The van der Waals surface area contributed by atoms with Crippen molar-refractivity contribution in [1.82, 2.24) is 4.31 Å². The number of hydrogen-bond donors (Lipinski definition) is 2. The van der Waals surface area contributed by atoms with Gasteiger partial charge in [0.05, 0.1) is 15.5 Å². The number of rotatable bonds is 8. The van der Waals surface area contributed by atoms with Crippen LogP contribution in [0.4, 0.5) is 11.4 Å². The average molecular weight is 454 g/mol. The van der Waals surface area contributed by atoms with E-state index in [4.69, 9.17) is 0 Å². The van der Waals surface area contributed by atoms with Gasteiger partial charge in [0.25, 0.3) is 10.0 Å². The summed E-state index contributed by atoms with van der Waals surface area (Å²) < 4.78 is 55.5. The van der Waals surface area contributed by atoms with Gasteiger partial charge in [-0.15, -0.1) is 0 Å². The summed E-state index contributed by atoms with van der Waals surface area (Å²) >= 11 is 0. The lowest BCUT2D eigenvalue weighted by Gasteiger charge is -2.20. The number of aryl methyl sites for hydroxylation is 2. The van der Waals surface area contributed by atoms with Crippen molar-refractivity contribution in [3.63, 3.8) is 0 Å². The van der Waals surface area contributed by atoms with Crippen LogP contribution in [0.1, 0.15) is 31.9 Å². The molecule has 0 atom stereocenters. The largest absolute Gasteiger partial charge is 0.326 e. The van der Waals surface area contributed by atoms with Gasteiger partial charge in [-0.25, -0.2) is 16.8 Å². The molecular weight excluding hydrogens is 426 g/mol. The molecule has 0 bridgehead atoms. The molecule has 2 rings (SSSR count). The standard InChI is InChI=1S/C20H27N3O5S2/c1-6-23(7-2)30(27,28)18-11-9-14(3)19(13-18)22-29(25,26)20-12-17(21-16(5)24)10-8-15(20)4/h8-13,22H,6-7H2,1-5H3,(H,21,24). The molecule has 0 unspecified atom stereocenters. The van der Waals surface area contributed by atoms with Crippen LogP contribution < -0.4 is 10.0 Å². The predicted octanol–water partition coefficient (Wildman–Crippen LogP) is 3.09. The van der Waals surface area contributed by atoms with Gasteiger partial charge in [-0.2, -0.15) is 4.31 Å². The third-order valence-corrected chi connectivity index (χ3v) is 8.15. The van der Waals surface area contributed by atoms with Gasteiger partial charge < -0.3 is 5.32 Å². The minimum Gasteiger partial charge on any atom is -0.326 e. The van der Waals surface area contributed by atoms with Gasteiger partial charge in [-0.05, 0) is 49.2 Å². The SMILES string of the molecule is CCN(CC)S(=O)(=O)c1ccc(C)c(NS(=O)(=O)c2cc(NC(C)=O)ccc2C)c1. The normalized spacial score (nSPS) is 12.1. The third-order valence-electron chi connectivity index (χ3n) is 4.59. The number of benzene rings is 2. The first kappa shape index (κ1) is 23.8. The fourth-order valence-electron chi connectivity index (χ4n) is 2.95. The van der Waals surface area contributed by atoms with Gasteiger partial charge >= 0.3 is 0 Å². The summed E-state index contributed by atoms with van der Waals surface area (Å²) in [6.07, 6.45) is 0. The van der Waals surface area contributed by atoms with Crippen molar-refractivity contribution in [1.29, 1.82) is 0 Å². The van der Waals surface area contributed by atoms with Crippen molar-refractivity contribution in [2.45, 2.75) is 44.4 Å². The van der Waals surface area contributed by atoms with Crippen LogP contribution in [0.25, 0.3) is 0 Å². The Morgan fingerprint density at radius 1 is 0.933 bits per heavy atom. The number of carbonyl (C=O) groups is 1. The van der Waals surface area contributed by atoms with E-state index in [1.807, 2.05) is 0 Å². The fourth-order valence-corrected chi connectivity index (χ4v) is 5.83. The Hall–Kier alpha value is -2.43. The number of nitrogens with one attached hydrogen (secondary N) is 2. The molecule has 0 aliphatic rings. The Kier molecular flexibility index (Phi) is 7.27. The minimum absolute atomic E-state index is 0.00912. The number of carbonyl (C=O) groups excluding carboxylic acids is 1. The van der Waals surface area contributed by atoms with Crippen molar-refractivity contribution >= 4 is 37.3 Å². The van der Waals surface area contributed by atoms with E-state index in [9.17, 15) is 21.6 Å². The van der Waals surface area contributed by atoms with Crippen molar-refractivity contribution in [2.75, 3.05) is 23.1 Å². The zero-order valence-corrected chi connectivity index (χ0v) is 19.3. The maximum absolute atomic E-state index is 13.0. The maximum atomic E-state index is 13.0. The molecule has 0 heterocycles. The Balaban J connectivity index is 2.48. The Morgan fingerprint density at radius 3 is 2.10 bits per heavy atom. The lowest BCUT2D eigenvalue weighted by atomic mass is 10.2. The molecule has 10 heteroatoms. The quantitative estimate of drug-likeness (QED) is 0.638. The van der Waals surface area contributed by atoms with E-state index in [0.717, 1.165) is 0 Å². The third kappa shape index (κ3) is 5.18. The van der Waals surface area contributed by atoms with E-state index < -0.39 is 20.0 Å². The second-order valence-electron chi connectivity index (χ2n) is 6.83. The molecule has 2 aromatic rings. The van der Waals surface area contributed by atoms with Gasteiger partial charge in [-0.1, -0.05) is 26.0 Å². The summed E-state index contributed by atoms with van der Waals surface area (Å²) in [7, 11) is -7.77. The Labute approximate surface area is 178 Å². The summed E-state index contributed by atoms with van der Waals surface area (Å²) in [6.45, 7) is 8.75. The molecule has 8 nitrogen and oxygen atoms in total. The molecule has 1 amide bonds. The van der Waals surface area contributed by atoms with Crippen LogP contribution in [0.2, 0.25) is 0 Å². The van der Waals surface area contributed by atoms with Crippen molar-refractivity contribution in [2.24, 2.45) is 0 Å². The van der Waals surface area contributed by atoms with Gasteiger partial charge in [0.15, 0.2) is 0 Å². The predicted molar refractivity (Wildman–Crippen MR) is 118 cm³/mol. The molecule has 0 saturated heterocycles. The molecule has 0 fully saturated rings. The highest BCUT2D eigenvalue weighted by molar-refractivity contribution is 7.92. The number of sulfonamides is 2. The summed E-state index contributed by atoms with van der Waals surface area (Å²) in [5.41, 5.74) is 1.59. The summed E-state index contributed by atoms with van der Waals surface area (Å²) in [5, 5.41) is 2.56. The Bertz CT molecular complexity index is 1150. The van der Waals surface area contributed by atoms with E-state index in [2.05, 4.69) is 10.0 Å². The van der Waals surface area contributed by atoms with Gasteiger partial charge in [0.1, 0.15) is 0 Å². The average Bonchev–Trinajstić information content (AvgIpc) is 2.65. The first-order valence-corrected chi connectivity index (χ1v) is 12.4. The fraction of sp³-hybridized carbons (Fsp3) is 0.350. The van der Waals surface area contributed by atoms with Crippen LogP contribution >= 0.6 is 0 Å². The number of anilines is 2. The van der Waals surface area contributed by atoms with Crippen LogP contribution in [-0.2, 0) is 24.8 Å². The number of nitrogens with zero attached hydrogens (tertiary/aromatic N) is 1. The zero-order valence-electron chi connectivity index (χ0n) is 17.7. The van der Waals surface area contributed by atoms with E-state index >= 15 is 0 Å². The zero-order chi connectivity index (χ0) is 22.7. The molecule has 0 aliphatic heterocycles. The van der Waals surface area contributed by atoms with E-state index in [1.165, 1.54) is 29.4 Å². The van der Waals surface area contributed by atoms with E-state index in [0.29, 0.717) is 29.9 Å². The van der Waals surface area contributed by atoms with Crippen LogP contribution in [0.15, 0.2) is 46.2 Å². The lowest BCUT2D eigenvalue weighted by molar-refractivity contribution is -0.114. The van der Waals surface area contributed by atoms with Gasteiger partial charge in [0, 0.05) is 25.7 Å². The molecule has 164 valence electrons. The molecule has 0 aliphatic carbocycles. The van der Waals surface area contributed by atoms with Crippen LogP contribution in [0.3, 0.4) is 0 Å². The second-order valence-corrected chi connectivity index (χ2v) is 10.4. The van der Waals surface area contributed by atoms with E-state index in [1.54, 1.807) is 45.9 Å². The van der Waals surface area contributed by atoms with Gasteiger partial charge in [-0.3, -0.25) is 9.52 Å². The molecule has 0 radical (unpaired) electrons. The van der Waals surface area contributed by atoms with Crippen LogP contribution in [-0.4, -0.2) is 40.1 Å². The Morgan fingerprint density at radius 2 is 1.53 bits per heavy atom. The molecule has 2 aromatic carbocycles. The number of hydrogen-bond acceptors (Lipinski definition) is 5. The highest BCUT2D eigenvalue weighted by atomic mass is 32.2.